The van der Waals surface area contributed by atoms with E-state index in [1.807, 2.05) is 0 Å². The van der Waals surface area contributed by atoms with Gasteiger partial charge < -0.3 is 4.57 Å². The molecule has 0 aliphatic heterocycles. The van der Waals surface area contributed by atoms with E-state index in [1.165, 1.54) is 105 Å². The molecule has 0 fully saturated rings. The molecule has 9 aromatic carbocycles. The summed E-state index contributed by atoms with van der Waals surface area (Å²) in [6.45, 7) is 2.15. The van der Waals surface area contributed by atoms with Crippen LogP contribution in [-0.4, -0.2) is 4.57 Å². The molecule has 0 aliphatic carbocycles. The topological polar surface area (TPSA) is 4.93 Å². The minimum atomic E-state index is 1.21. The van der Waals surface area contributed by atoms with E-state index in [0.717, 1.165) is 0 Å². The van der Waals surface area contributed by atoms with Crippen molar-refractivity contribution in [1.82, 2.24) is 4.57 Å². The standard InChI is InChI=1S/C54H39N/c1-36-21-23-42(24-22-36)53-49-34-33-44(35-50(49)55(2)54(53)43-15-7-4-8-16-43)52-47-19-11-9-17-45(47)51(46-18-10-12-20-48(46)52)41-31-29-40(30-32-41)39-27-25-38(26-28-39)37-13-5-3-6-14-37/h3-35H,1-2H3. The quantitative estimate of drug-likeness (QED) is 0.152. The van der Waals surface area contributed by atoms with Gasteiger partial charge in [0, 0.05) is 23.5 Å². The molecular formula is C54H39N. The number of hydrogen-bond acceptors (Lipinski definition) is 0. The highest BCUT2D eigenvalue weighted by Gasteiger charge is 2.21. The maximum Gasteiger partial charge on any atom is 0.0568 e. The summed E-state index contributed by atoms with van der Waals surface area (Å²) >= 11 is 0. The molecule has 260 valence electrons. The number of aryl methyl sites for hydroxylation is 2. The summed E-state index contributed by atoms with van der Waals surface area (Å²) < 4.78 is 2.39. The zero-order valence-corrected chi connectivity index (χ0v) is 31.0. The molecule has 10 aromatic rings. The number of hydrogen-bond donors (Lipinski definition) is 0. The minimum Gasteiger partial charge on any atom is -0.343 e. The van der Waals surface area contributed by atoms with Gasteiger partial charge >= 0.3 is 0 Å². The van der Waals surface area contributed by atoms with Gasteiger partial charge in [0.2, 0.25) is 0 Å². The van der Waals surface area contributed by atoms with E-state index in [2.05, 4.69) is 219 Å². The third-order valence-electron chi connectivity index (χ3n) is 11.3. The molecule has 0 amide bonds. The van der Waals surface area contributed by atoms with E-state index >= 15 is 0 Å². The van der Waals surface area contributed by atoms with Gasteiger partial charge in [0.25, 0.3) is 0 Å². The van der Waals surface area contributed by atoms with Gasteiger partial charge in [-0.2, -0.15) is 0 Å². The van der Waals surface area contributed by atoms with Crippen LogP contribution in [0.4, 0.5) is 0 Å². The van der Waals surface area contributed by atoms with Gasteiger partial charge in [-0.1, -0.05) is 200 Å². The fourth-order valence-electron chi connectivity index (χ4n) is 8.60. The van der Waals surface area contributed by atoms with E-state index in [4.69, 9.17) is 0 Å². The maximum absolute atomic E-state index is 2.41. The van der Waals surface area contributed by atoms with Crippen LogP contribution in [0.25, 0.3) is 99.3 Å². The summed E-state index contributed by atoms with van der Waals surface area (Å²) in [7, 11) is 2.22. The molecule has 1 heterocycles. The van der Waals surface area contributed by atoms with Crippen LogP contribution in [0.1, 0.15) is 5.56 Å². The lowest BCUT2D eigenvalue weighted by molar-refractivity contribution is 0.979. The highest BCUT2D eigenvalue weighted by molar-refractivity contribution is 6.22. The van der Waals surface area contributed by atoms with Gasteiger partial charge in [0.15, 0.2) is 0 Å². The second kappa shape index (κ2) is 13.5. The molecule has 1 aromatic heterocycles. The fourth-order valence-corrected chi connectivity index (χ4v) is 8.60. The van der Waals surface area contributed by atoms with Crippen molar-refractivity contribution in [3.63, 3.8) is 0 Å². The predicted octanol–water partition coefficient (Wildman–Crippen LogP) is 14.8. The van der Waals surface area contributed by atoms with Gasteiger partial charge in [-0.05, 0) is 90.2 Å². The molecule has 0 N–H and O–H groups in total. The first kappa shape index (κ1) is 32.7. The number of aromatic nitrogens is 1. The molecule has 0 saturated heterocycles. The van der Waals surface area contributed by atoms with Crippen LogP contribution in [0.15, 0.2) is 200 Å². The largest absolute Gasteiger partial charge is 0.343 e. The van der Waals surface area contributed by atoms with E-state index < -0.39 is 0 Å². The third-order valence-corrected chi connectivity index (χ3v) is 11.3. The van der Waals surface area contributed by atoms with E-state index in [9.17, 15) is 0 Å². The number of fused-ring (bicyclic) bond motifs is 3. The molecule has 1 nitrogen and oxygen atoms in total. The number of nitrogens with zero attached hydrogens (tertiary/aromatic N) is 1. The molecule has 10 rings (SSSR count). The van der Waals surface area contributed by atoms with Crippen LogP contribution < -0.4 is 0 Å². The highest BCUT2D eigenvalue weighted by atomic mass is 15.0. The Balaban J connectivity index is 1.12. The Hall–Kier alpha value is -6.96. The van der Waals surface area contributed by atoms with Gasteiger partial charge in [-0.25, -0.2) is 0 Å². The van der Waals surface area contributed by atoms with Crippen molar-refractivity contribution in [3.8, 4) is 66.9 Å². The minimum absolute atomic E-state index is 1.21. The number of rotatable bonds is 6. The normalized spacial score (nSPS) is 11.5. The molecule has 55 heavy (non-hydrogen) atoms. The third kappa shape index (κ3) is 5.64. The van der Waals surface area contributed by atoms with Crippen LogP contribution in [0.2, 0.25) is 0 Å². The summed E-state index contributed by atoms with van der Waals surface area (Å²) in [5.41, 5.74) is 17.3. The molecule has 0 atom stereocenters. The van der Waals surface area contributed by atoms with Crippen LogP contribution in [0, 0.1) is 6.92 Å². The zero-order chi connectivity index (χ0) is 36.9. The first-order valence-electron chi connectivity index (χ1n) is 19.1. The summed E-state index contributed by atoms with van der Waals surface area (Å²) in [6, 6.07) is 73.3. The van der Waals surface area contributed by atoms with Gasteiger partial charge in [-0.3, -0.25) is 0 Å². The Labute approximate surface area is 322 Å². The van der Waals surface area contributed by atoms with E-state index in [-0.39, 0.29) is 0 Å². The van der Waals surface area contributed by atoms with Crippen molar-refractivity contribution >= 4 is 32.4 Å². The first-order chi connectivity index (χ1) is 27.1. The van der Waals surface area contributed by atoms with Crippen LogP contribution >= 0.6 is 0 Å². The Morgan fingerprint density at radius 2 is 0.655 bits per heavy atom. The average Bonchev–Trinajstić information content (AvgIpc) is 3.54. The molecule has 0 aliphatic rings. The van der Waals surface area contributed by atoms with Gasteiger partial charge in [0.05, 0.1) is 5.69 Å². The van der Waals surface area contributed by atoms with Crippen molar-refractivity contribution in [1.29, 1.82) is 0 Å². The first-order valence-corrected chi connectivity index (χ1v) is 19.1. The van der Waals surface area contributed by atoms with Crippen molar-refractivity contribution in [2.75, 3.05) is 0 Å². The molecular weight excluding hydrogens is 663 g/mol. The SMILES string of the molecule is Cc1ccc(-c2c(-c3ccccc3)n(C)c3cc(-c4c5ccccc5c(-c5ccc(-c6ccc(-c7ccccc7)cc6)cc5)c5ccccc45)ccc23)cc1. The van der Waals surface area contributed by atoms with Crippen LogP contribution in [-0.2, 0) is 7.05 Å². The lowest BCUT2D eigenvalue weighted by Gasteiger charge is -2.18. The summed E-state index contributed by atoms with van der Waals surface area (Å²) in [5, 5.41) is 6.29. The fraction of sp³-hybridized carbons (Fsp3) is 0.0370. The second-order valence-corrected chi connectivity index (χ2v) is 14.6. The average molecular weight is 702 g/mol. The van der Waals surface area contributed by atoms with Gasteiger partial charge in [-0.15, -0.1) is 0 Å². The lowest BCUT2D eigenvalue weighted by Crippen LogP contribution is -1.93. The van der Waals surface area contributed by atoms with Crippen molar-refractivity contribution in [2.24, 2.45) is 7.05 Å². The molecule has 0 radical (unpaired) electrons. The molecule has 0 unspecified atom stereocenters. The van der Waals surface area contributed by atoms with Crippen molar-refractivity contribution in [2.45, 2.75) is 6.92 Å². The predicted molar refractivity (Wildman–Crippen MR) is 235 cm³/mol. The molecule has 0 spiro atoms. The Bertz CT molecular complexity index is 2930. The van der Waals surface area contributed by atoms with Gasteiger partial charge in [0.1, 0.15) is 0 Å². The highest BCUT2D eigenvalue weighted by Crippen LogP contribution is 2.46. The van der Waals surface area contributed by atoms with E-state index in [1.54, 1.807) is 0 Å². The maximum atomic E-state index is 2.41. The Morgan fingerprint density at radius 1 is 0.291 bits per heavy atom. The molecule has 0 bridgehead atoms. The molecule has 1 heteroatoms. The Kier molecular flexibility index (Phi) is 8.00. The molecule has 0 saturated carbocycles. The monoisotopic (exact) mass is 701 g/mol. The van der Waals surface area contributed by atoms with Crippen molar-refractivity contribution < 1.29 is 0 Å². The smallest absolute Gasteiger partial charge is 0.0568 e. The summed E-state index contributed by atoms with van der Waals surface area (Å²) in [6.07, 6.45) is 0. The van der Waals surface area contributed by atoms with Crippen LogP contribution in [0.3, 0.4) is 0 Å². The zero-order valence-electron chi connectivity index (χ0n) is 31.0. The van der Waals surface area contributed by atoms with E-state index in [0.29, 0.717) is 0 Å². The lowest BCUT2D eigenvalue weighted by atomic mass is 9.85. The van der Waals surface area contributed by atoms with Crippen molar-refractivity contribution in [3.05, 3.63) is 206 Å². The summed E-state index contributed by atoms with van der Waals surface area (Å²) in [5.74, 6) is 0. The number of benzene rings is 9. The summed E-state index contributed by atoms with van der Waals surface area (Å²) in [4.78, 5) is 0. The Morgan fingerprint density at radius 3 is 1.16 bits per heavy atom. The second-order valence-electron chi connectivity index (χ2n) is 14.6. The van der Waals surface area contributed by atoms with Crippen LogP contribution in [0.5, 0.6) is 0 Å².